The van der Waals surface area contributed by atoms with Crippen molar-refractivity contribution in [2.75, 3.05) is 20.8 Å². The van der Waals surface area contributed by atoms with Crippen molar-refractivity contribution in [3.63, 3.8) is 0 Å². The van der Waals surface area contributed by atoms with E-state index in [2.05, 4.69) is 41.5 Å². The highest BCUT2D eigenvalue weighted by Crippen LogP contribution is 2.48. The zero-order valence-electron chi connectivity index (χ0n) is 28.4. The lowest BCUT2D eigenvalue weighted by Gasteiger charge is -2.28. The van der Waals surface area contributed by atoms with Crippen molar-refractivity contribution in [3.8, 4) is 11.5 Å². The Morgan fingerprint density at radius 3 is 1.69 bits per heavy atom. The lowest BCUT2D eigenvalue weighted by molar-refractivity contribution is -0.228. The fourth-order valence-corrected chi connectivity index (χ4v) is 7.52. The predicted molar refractivity (Wildman–Crippen MR) is 171 cm³/mol. The summed E-state index contributed by atoms with van der Waals surface area (Å²) in [5.41, 5.74) is 2.65. The molecule has 3 aliphatic heterocycles. The highest BCUT2D eigenvalue weighted by atomic mass is 31.1. The maximum Gasteiger partial charge on any atom is 0.387 e. The van der Waals surface area contributed by atoms with E-state index in [1.807, 2.05) is 52.0 Å². The number of ether oxygens (including phenoxy) is 7. The third kappa shape index (κ3) is 6.23. The van der Waals surface area contributed by atoms with Crippen LogP contribution in [-0.2, 0) is 34.5 Å². The van der Waals surface area contributed by atoms with Crippen LogP contribution in [0.5, 0.6) is 11.5 Å². The molecule has 0 N–H and O–H groups in total. The molecule has 0 aliphatic carbocycles. The van der Waals surface area contributed by atoms with E-state index < -0.39 is 50.5 Å². The Hall–Kier alpha value is -2.30. The first-order valence-electron chi connectivity index (χ1n) is 15.5. The quantitative estimate of drug-likeness (QED) is 0.274. The fourth-order valence-electron chi connectivity index (χ4n) is 6.26. The molecule has 4 heterocycles. The van der Waals surface area contributed by atoms with Crippen LogP contribution in [0.3, 0.4) is 0 Å². The third-order valence-corrected chi connectivity index (χ3v) is 9.54. The second-order valence-electron chi connectivity index (χ2n) is 15.0. The first-order valence-corrected chi connectivity index (χ1v) is 16.6. The smallest absolute Gasteiger partial charge is 0.387 e. The van der Waals surface area contributed by atoms with Gasteiger partial charge in [0.2, 0.25) is 0 Å². The molecule has 0 radical (unpaired) electrons. The Kier molecular flexibility index (Phi) is 8.09. The Balaban J connectivity index is 1.61. The van der Waals surface area contributed by atoms with Gasteiger partial charge in [-0.3, -0.25) is 4.52 Å². The van der Waals surface area contributed by atoms with E-state index in [0.29, 0.717) is 29.3 Å². The van der Waals surface area contributed by atoms with Crippen LogP contribution < -0.4 is 14.0 Å². The highest BCUT2D eigenvalue weighted by Gasteiger charge is 2.59. The molecular formula is C34H47O10P. The molecule has 11 heteroatoms. The molecule has 5 atom stereocenters. The number of hydrogen-bond acceptors (Lipinski definition) is 10. The van der Waals surface area contributed by atoms with Gasteiger partial charge in [0.15, 0.2) is 17.9 Å². The summed E-state index contributed by atoms with van der Waals surface area (Å²) in [5.74, 6) is -0.172. The number of methoxy groups -OCH3 is 2. The van der Waals surface area contributed by atoms with Crippen molar-refractivity contribution in [3.05, 3.63) is 35.4 Å². The van der Waals surface area contributed by atoms with Crippen LogP contribution in [0.4, 0.5) is 0 Å². The molecule has 2 aromatic carbocycles. The summed E-state index contributed by atoms with van der Waals surface area (Å²) in [6, 6.07) is 8.00. The minimum Gasteiger partial charge on any atom is -0.497 e. The van der Waals surface area contributed by atoms with Gasteiger partial charge in [0.25, 0.3) is 0 Å². The van der Waals surface area contributed by atoms with E-state index in [-0.39, 0.29) is 10.8 Å². The van der Waals surface area contributed by atoms with Crippen molar-refractivity contribution in [2.24, 2.45) is 0 Å². The second kappa shape index (κ2) is 11.2. The van der Waals surface area contributed by atoms with Crippen molar-refractivity contribution < 1.29 is 46.1 Å². The number of fused-ring (bicyclic) bond motifs is 4. The van der Waals surface area contributed by atoms with Crippen LogP contribution in [0, 0.1) is 0 Å². The van der Waals surface area contributed by atoms with E-state index in [1.54, 1.807) is 14.2 Å². The van der Waals surface area contributed by atoms with Gasteiger partial charge < -0.3 is 41.6 Å². The lowest BCUT2D eigenvalue weighted by atomic mass is 9.84. The summed E-state index contributed by atoms with van der Waals surface area (Å²) in [6.07, 6.45) is -2.78. The molecule has 3 fully saturated rings. The Bertz CT molecular complexity index is 1550. The normalized spacial score (nSPS) is 27.7. The molecule has 3 aliphatic rings. The molecule has 3 saturated heterocycles. The summed E-state index contributed by atoms with van der Waals surface area (Å²) in [7, 11) is 1.29. The minimum atomic E-state index is -2.05. The predicted octanol–water partition coefficient (Wildman–Crippen LogP) is 7.73. The minimum absolute atomic E-state index is 0.299. The van der Waals surface area contributed by atoms with Crippen LogP contribution in [0.1, 0.15) is 80.4 Å². The molecular weight excluding hydrogens is 599 g/mol. The maximum absolute atomic E-state index is 6.89. The van der Waals surface area contributed by atoms with Gasteiger partial charge in [0, 0.05) is 21.9 Å². The third-order valence-electron chi connectivity index (χ3n) is 8.47. The van der Waals surface area contributed by atoms with E-state index in [9.17, 15) is 0 Å². The van der Waals surface area contributed by atoms with Crippen LogP contribution in [0.2, 0.25) is 0 Å². The van der Waals surface area contributed by atoms with E-state index >= 15 is 0 Å². The fraction of sp³-hybridized carbons (Fsp3) is 0.647. The molecule has 248 valence electrons. The SMILES string of the molecule is COc1cc(C(C)(C)C)c2op(O[C@@H]3[C@H]4OC(C)(C)O[C@H]4O[C@@H]3[C@H]3COC(C)(C)O3)oc3c(C(C)(C)C)cc(OC)cc3c2c1. The number of benzene rings is 2. The zero-order valence-corrected chi connectivity index (χ0v) is 29.3. The van der Waals surface area contributed by atoms with Crippen LogP contribution in [0.25, 0.3) is 21.9 Å². The van der Waals surface area contributed by atoms with Gasteiger partial charge in [-0.2, -0.15) is 0 Å². The maximum atomic E-state index is 6.89. The summed E-state index contributed by atoms with van der Waals surface area (Å²) in [4.78, 5) is 0. The van der Waals surface area contributed by atoms with Gasteiger partial charge >= 0.3 is 8.24 Å². The first-order chi connectivity index (χ1) is 20.9. The second-order valence-corrected chi connectivity index (χ2v) is 16.0. The van der Waals surface area contributed by atoms with Crippen molar-refractivity contribution >= 4 is 30.2 Å². The van der Waals surface area contributed by atoms with Crippen molar-refractivity contribution in [1.29, 1.82) is 0 Å². The molecule has 0 spiro atoms. The summed E-state index contributed by atoms with van der Waals surface area (Å²) in [6.45, 7) is 20.7. The van der Waals surface area contributed by atoms with Gasteiger partial charge in [0.1, 0.15) is 47.1 Å². The van der Waals surface area contributed by atoms with Crippen molar-refractivity contribution in [1.82, 2.24) is 0 Å². The number of hydrogen-bond donors (Lipinski definition) is 0. The summed E-state index contributed by atoms with van der Waals surface area (Å²) < 4.78 is 63.2. The monoisotopic (exact) mass is 646 g/mol. The molecule has 45 heavy (non-hydrogen) atoms. The molecule has 10 nitrogen and oxygen atoms in total. The van der Waals surface area contributed by atoms with E-state index in [0.717, 1.165) is 21.9 Å². The largest absolute Gasteiger partial charge is 0.497 e. The number of rotatable bonds is 5. The Morgan fingerprint density at radius 2 is 1.24 bits per heavy atom. The van der Waals surface area contributed by atoms with Gasteiger partial charge in [-0.1, -0.05) is 41.5 Å². The van der Waals surface area contributed by atoms with Crippen LogP contribution in [-0.4, -0.2) is 63.1 Å². The Morgan fingerprint density at radius 1 is 0.711 bits per heavy atom. The zero-order chi connectivity index (χ0) is 32.7. The van der Waals surface area contributed by atoms with Gasteiger partial charge in [-0.05, 0) is 62.8 Å². The van der Waals surface area contributed by atoms with Crippen LogP contribution in [0.15, 0.2) is 32.7 Å². The van der Waals surface area contributed by atoms with E-state index in [4.69, 9.17) is 46.1 Å². The molecule has 0 unspecified atom stereocenters. The highest BCUT2D eigenvalue weighted by molar-refractivity contribution is 7.31. The van der Waals surface area contributed by atoms with Crippen molar-refractivity contribution in [2.45, 2.75) is 122 Å². The lowest BCUT2D eigenvalue weighted by Crippen LogP contribution is -2.45. The van der Waals surface area contributed by atoms with E-state index in [1.165, 1.54) is 0 Å². The molecule has 0 saturated carbocycles. The first kappa shape index (κ1) is 32.6. The molecule has 0 bridgehead atoms. The topological polar surface area (TPSA) is 100 Å². The van der Waals surface area contributed by atoms with Gasteiger partial charge in [0.05, 0.1) is 20.8 Å². The van der Waals surface area contributed by atoms with Gasteiger partial charge in [-0.15, -0.1) is 0 Å². The summed E-state index contributed by atoms with van der Waals surface area (Å²) >= 11 is 0. The average molecular weight is 647 g/mol. The molecule has 1 aromatic heterocycles. The molecule has 6 rings (SSSR count). The van der Waals surface area contributed by atoms with Crippen LogP contribution >= 0.6 is 8.24 Å². The molecule has 3 aromatic rings. The Labute approximate surface area is 266 Å². The van der Waals surface area contributed by atoms with Gasteiger partial charge in [-0.25, -0.2) is 0 Å². The summed E-state index contributed by atoms with van der Waals surface area (Å²) in [5, 5.41) is 1.67. The standard InChI is InChI=1S/C34H47O10P/c1-31(2,3)22-15-18(35-11)13-20-21-14-19(36-12)16-23(32(4,5)6)26(21)43-45(42-25(20)22)44-28-27(24-17-37-33(7,8)39-24)38-30-29(28)40-34(9,10)41-30/h13-16,24,27-30H,17H2,1-12H3/t24-,27-,28+,29-,30-/m1/s1. The molecule has 0 amide bonds. The average Bonchev–Trinajstić information content (AvgIpc) is 3.51.